The summed E-state index contributed by atoms with van der Waals surface area (Å²) in [7, 11) is 0. The van der Waals surface area contributed by atoms with Crippen LogP contribution in [0, 0.1) is 5.82 Å². The van der Waals surface area contributed by atoms with E-state index < -0.39 is 17.8 Å². The Labute approximate surface area is 151 Å². The fraction of sp³-hybridized carbons (Fsp3) is 0.412. The molecule has 0 unspecified atom stereocenters. The van der Waals surface area contributed by atoms with Crippen LogP contribution >= 0.6 is 11.6 Å². The van der Waals surface area contributed by atoms with Gasteiger partial charge in [-0.25, -0.2) is 14.0 Å². The Hall–Kier alpha value is -2.28. The SMILES string of the molecule is CCOC(=O)/C(C)=C(/C)NC(=O)Nc1cc(OC(C)C)c(Cl)cc1F. The molecular formula is C17H22ClFN2O4. The molecule has 1 aromatic rings. The summed E-state index contributed by atoms with van der Waals surface area (Å²) in [6, 6.07) is 1.65. The molecule has 0 atom stereocenters. The van der Waals surface area contributed by atoms with Crippen molar-refractivity contribution in [2.45, 2.75) is 40.7 Å². The first-order chi connectivity index (χ1) is 11.6. The summed E-state index contributed by atoms with van der Waals surface area (Å²) in [5.74, 6) is -0.992. The number of esters is 1. The molecule has 8 heteroatoms. The quantitative estimate of drug-likeness (QED) is 0.578. The molecule has 0 aliphatic rings. The van der Waals surface area contributed by atoms with Gasteiger partial charge in [-0.3, -0.25) is 0 Å². The Morgan fingerprint density at radius 2 is 1.92 bits per heavy atom. The average molecular weight is 373 g/mol. The normalized spacial score (nSPS) is 11.7. The first-order valence-corrected chi connectivity index (χ1v) is 8.11. The van der Waals surface area contributed by atoms with Gasteiger partial charge in [0, 0.05) is 11.8 Å². The lowest BCUT2D eigenvalue weighted by atomic mass is 10.2. The van der Waals surface area contributed by atoms with Gasteiger partial charge >= 0.3 is 12.0 Å². The van der Waals surface area contributed by atoms with Crippen molar-refractivity contribution in [3.8, 4) is 5.75 Å². The molecule has 6 nitrogen and oxygen atoms in total. The van der Waals surface area contributed by atoms with Crippen molar-refractivity contribution in [3.05, 3.63) is 34.2 Å². The van der Waals surface area contributed by atoms with Crippen LogP contribution < -0.4 is 15.4 Å². The highest BCUT2D eigenvalue weighted by Crippen LogP contribution is 2.31. The molecule has 2 N–H and O–H groups in total. The van der Waals surface area contributed by atoms with Gasteiger partial charge in [0.2, 0.25) is 0 Å². The van der Waals surface area contributed by atoms with Crippen LogP contribution in [0.15, 0.2) is 23.4 Å². The number of allylic oxidation sites excluding steroid dienone is 1. The van der Waals surface area contributed by atoms with E-state index in [4.69, 9.17) is 21.1 Å². The molecular weight excluding hydrogens is 351 g/mol. The monoisotopic (exact) mass is 372 g/mol. The van der Waals surface area contributed by atoms with Crippen LogP contribution in [0.4, 0.5) is 14.9 Å². The average Bonchev–Trinajstić information content (AvgIpc) is 2.50. The molecule has 2 amide bonds. The van der Waals surface area contributed by atoms with Crippen molar-refractivity contribution in [2.24, 2.45) is 0 Å². The van der Waals surface area contributed by atoms with E-state index >= 15 is 0 Å². The van der Waals surface area contributed by atoms with Crippen molar-refractivity contribution in [2.75, 3.05) is 11.9 Å². The summed E-state index contributed by atoms with van der Waals surface area (Å²) in [4.78, 5) is 23.6. The number of urea groups is 1. The minimum atomic E-state index is -0.710. The standard InChI is InChI=1S/C17H22ClFN2O4/c1-6-24-16(22)10(4)11(5)20-17(23)21-14-8-15(25-9(2)3)12(18)7-13(14)19/h7-9H,6H2,1-5H3,(H2,20,21,23)/b11-10-. The fourth-order valence-corrected chi connectivity index (χ4v) is 1.97. The highest BCUT2D eigenvalue weighted by atomic mass is 35.5. The maximum Gasteiger partial charge on any atom is 0.335 e. The van der Waals surface area contributed by atoms with Crippen LogP contribution in [0.2, 0.25) is 5.02 Å². The van der Waals surface area contributed by atoms with Crippen molar-refractivity contribution >= 4 is 29.3 Å². The Kier molecular flexibility index (Phi) is 7.70. The van der Waals surface area contributed by atoms with Crippen LogP contribution in [-0.4, -0.2) is 24.7 Å². The van der Waals surface area contributed by atoms with E-state index in [9.17, 15) is 14.0 Å². The predicted molar refractivity (Wildman–Crippen MR) is 94.3 cm³/mol. The van der Waals surface area contributed by atoms with Crippen LogP contribution in [0.1, 0.15) is 34.6 Å². The molecule has 0 spiro atoms. The van der Waals surface area contributed by atoms with Crippen LogP contribution in [0.25, 0.3) is 0 Å². The van der Waals surface area contributed by atoms with Crippen molar-refractivity contribution in [1.82, 2.24) is 5.32 Å². The number of hydrogen-bond donors (Lipinski definition) is 2. The topological polar surface area (TPSA) is 76.7 Å². The Balaban J connectivity index is 2.90. The van der Waals surface area contributed by atoms with E-state index in [1.54, 1.807) is 20.8 Å². The van der Waals surface area contributed by atoms with Gasteiger partial charge < -0.3 is 20.1 Å². The number of hydrogen-bond acceptors (Lipinski definition) is 4. The summed E-state index contributed by atoms with van der Waals surface area (Å²) in [6.45, 7) is 8.56. The zero-order valence-corrected chi connectivity index (χ0v) is 15.6. The van der Waals surface area contributed by atoms with E-state index in [0.717, 1.165) is 6.07 Å². The lowest BCUT2D eigenvalue weighted by molar-refractivity contribution is -0.138. The van der Waals surface area contributed by atoms with Gasteiger partial charge in [0.1, 0.15) is 11.6 Å². The Morgan fingerprint density at radius 3 is 2.48 bits per heavy atom. The molecule has 1 aromatic carbocycles. The number of benzene rings is 1. The predicted octanol–water partition coefficient (Wildman–Crippen LogP) is 4.24. The third-order valence-electron chi connectivity index (χ3n) is 3.08. The van der Waals surface area contributed by atoms with Gasteiger partial charge in [-0.2, -0.15) is 0 Å². The van der Waals surface area contributed by atoms with E-state index in [1.807, 2.05) is 0 Å². The minimum Gasteiger partial charge on any atom is -0.489 e. The van der Waals surface area contributed by atoms with Gasteiger partial charge in [0.05, 0.1) is 29.0 Å². The highest BCUT2D eigenvalue weighted by molar-refractivity contribution is 6.32. The maximum absolute atomic E-state index is 14.0. The number of nitrogens with one attached hydrogen (secondary N) is 2. The van der Waals surface area contributed by atoms with E-state index in [2.05, 4.69) is 10.6 Å². The van der Waals surface area contributed by atoms with Gasteiger partial charge in [0.15, 0.2) is 0 Å². The number of anilines is 1. The number of rotatable bonds is 6. The Morgan fingerprint density at radius 1 is 1.28 bits per heavy atom. The largest absolute Gasteiger partial charge is 0.489 e. The van der Waals surface area contributed by atoms with Crippen molar-refractivity contribution in [3.63, 3.8) is 0 Å². The third-order valence-corrected chi connectivity index (χ3v) is 3.37. The van der Waals surface area contributed by atoms with Gasteiger partial charge in [-0.1, -0.05) is 11.6 Å². The molecule has 0 bridgehead atoms. The summed E-state index contributed by atoms with van der Waals surface area (Å²) in [6.07, 6.45) is -0.165. The van der Waals surface area contributed by atoms with Gasteiger partial charge in [-0.05, 0) is 40.7 Å². The number of halogens is 2. The molecule has 0 aliphatic carbocycles. The van der Waals surface area contributed by atoms with E-state index in [1.165, 1.54) is 19.9 Å². The van der Waals surface area contributed by atoms with Crippen LogP contribution in [-0.2, 0) is 9.53 Å². The molecule has 0 saturated heterocycles. The zero-order chi connectivity index (χ0) is 19.1. The van der Waals surface area contributed by atoms with E-state index in [0.29, 0.717) is 5.70 Å². The van der Waals surface area contributed by atoms with Crippen LogP contribution in [0.5, 0.6) is 5.75 Å². The maximum atomic E-state index is 14.0. The summed E-state index contributed by atoms with van der Waals surface area (Å²) in [5, 5.41) is 4.92. The molecule has 0 fully saturated rings. The number of ether oxygens (including phenoxy) is 2. The summed E-state index contributed by atoms with van der Waals surface area (Å²) < 4.78 is 24.3. The number of carbonyl (C=O) groups excluding carboxylic acids is 2. The Bertz CT molecular complexity index is 689. The molecule has 1 rings (SSSR count). The van der Waals surface area contributed by atoms with Crippen molar-refractivity contribution in [1.29, 1.82) is 0 Å². The summed E-state index contributed by atoms with van der Waals surface area (Å²) in [5.41, 5.74) is 0.445. The first-order valence-electron chi connectivity index (χ1n) is 7.74. The second-order valence-electron chi connectivity index (χ2n) is 5.48. The molecule has 0 aliphatic heterocycles. The van der Waals surface area contributed by atoms with Crippen LogP contribution in [0.3, 0.4) is 0 Å². The minimum absolute atomic E-state index is 0.0980. The lowest BCUT2D eigenvalue weighted by Crippen LogP contribution is -2.29. The highest BCUT2D eigenvalue weighted by Gasteiger charge is 2.15. The molecule has 0 saturated carbocycles. The van der Waals surface area contributed by atoms with Crippen molar-refractivity contribution < 1.29 is 23.5 Å². The molecule has 0 heterocycles. The molecule has 138 valence electrons. The zero-order valence-electron chi connectivity index (χ0n) is 14.8. The molecule has 0 aromatic heterocycles. The number of carbonyl (C=O) groups is 2. The first kappa shape index (κ1) is 20.8. The smallest absolute Gasteiger partial charge is 0.335 e. The lowest BCUT2D eigenvalue weighted by Gasteiger charge is -2.15. The van der Waals surface area contributed by atoms with Gasteiger partial charge in [0.25, 0.3) is 0 Å². The number of amides is 2. The second kappa shape index (κ2) is 9.27. The third kappa shape index (κ3) is 6.26. The second-order valence-corrected chi connectivity index (χ2v) is 5.89. The summed E-state index contributed by atoms with van der Waals surface area (Å²) >= 11 is 5.92. The fourth-order valence-electron chi connectivity index (χ4n) is 1.78. The molecule has 0 radical (unpaired) electrons. The van der Waals surface area contributed by atoms with E-state index in [-0.39, 0.29) is 34.7 Å². The molecule has 25 heavy (non-hydrogen) atoms. The van der Waals surface area contributed by atoms with Gasteiger partial charge in [-0.15, -0.1) is 0 Å².